The summed E-state index contributed by atoms with van der Waals surface area (Å²) in [6, 6.07) is 12.1. The Morgan fingerprint density at radius 3 is 2.71 bits per heavy atom. The second-order valence-corrected chi connectivity index (χ2v) is 5.12. The van der Waals surface area contributed by atoms with E-state index >= 15 is 0 Å². The molecule has 1 heterocycles. The number of hydrogen-bond donors (Lipinski definition) is 1. The number of rotatable bonds is 3. The number of fused-ring (bicyclic) bond motifs is 1. The highest BCUT2D eigenvalue weighted by Crippen LogP contribution is 2.22. The van der Waals surface area contributed by atoms with E-state index < -0.39 is 5.82 Å². The predicted octanol–water partition coefficient (Wildman–Crippen LogP) is 2.73. The highest BCUT2D eigenvalue weighted by atomic mass is 19.1. The van der Waals surface area contributed by atoms with E-state index in [1.54, 1.807) is 6.07 Å². The summed E-state index contributed by atoms with van der Waals surface area (Å²) in [7, 11) is 1.40. The molecule has 1 atom stereocenters. The lowest BCUT2D eigenvalue weighted by Crippen LogP contribution is -2.41. The van der Waals surface area contributed by atoms with Gasteiger partial charge in [0.2, 0.25) is 0 Å². The van der Waals surface area contributed by atoms with E-state index in [9.17, 15) is 9.18 Å². The highest BCUT2D eigenvalue weighted by Gasteiger charge is 2.25. The Bertz CT molecular complexity index is 684. The molecule has 1 N–H and O–H groups in total. The third kappa shape index (κ3) is 2.67. The van der Waals surface area contributed by atoms with Crippen LogP contribution in [0.15, 0.2) is 42.5 Å². The molecule has 3 rings (SSSR count). The summed E-state index contributed by atoms with van der Waals surface area (Å²) in [5.74, 6) is -0.459. The summed E-state index contributed by atoms with van der Waals surface area (Å²) in [4.78, 5) is 12.5. The predicted molar refractivity (Wildman–Crippen MR) is 78.1 cm³/mol. The average Bonchev–Trinajstić information content (AvgIpc) is 2.53. The minimum Gasteiger partial charge on any atom is -0.494 e. The van der Waals surface area contributed by atoms with Crippen LogP contribution in [0.1, 0.15) is 21.5 Å². The van der Waals surface area contributed by atoms with Crippen LogP contribution in [0.4, 0.5) is 4.39 Å². The van der Waals surface area contributed by atoms with Crippen LogP contribution in [-0.2, 0) is 13.0 Å². The molecule has 2 aromatic carbocycles. The molecule has 0 fully saturated rings. The van der Waals surface area contributed by atoms with E-state index in [4.69, 9.17) is 4.74 Å². The van der Waals surface area contributed by atoms with Crippen molar-refractivity contribution in [3.8, 4) is 5.75 Å². The van der Waals surface area contributed by atoms with Gasteiger partial charge in [0.15, 0.2) is 17.3 Å². The fraction of sp³-hybridized carbons (Fsp3) is 0.235. The molecule has 0 saturated heterocycles. The molecular formula is C17H16FNO2. The zero-order valence-corrected chi connectivity index (χ0v) is 11.7. The van der Waals surface area contributed by atoms with Crippen LogP contribution in [0.5, 0.6) is 5.75 Å². The van der Waals surface area contributed by atoms with Gasteiger partial charge in [0.05, 0.1) is 13.2 Å². The largest absolute Gasteiger partial charge is 0.494 e. The number of Topliss-reactive ketones (excluding diaryl/α,β-unsaturated/α-hetero) is 1. The third-order valence-electron chi connectivity index (χ3n) is 3.83. The number of carbonyl (C=O) groups is 1. The summed E-state index contributed by atoms with van der Waals surface area (Å²) in [5.41, 5.74) is 2.75. The monoisotopic (exact) mass is 285 g/mol. The molecule has 21 heavy (non-hydrogen) atoms. The number of hydrogen-bond acceptors (Lipinski definition) is 3. The quantitative estimate of drug-likeness (QED) is 0.881. The number of carbonyl (C=O) groups excluding carboxylic acids is 1. The van der Waals surface area contributed by atoms with Gasteiger partial charge in [-0.1, -0.05) is 24.3 Å². The Hall–Kier alpha value is -2.20. The maximum atomic E-state index is 13.7. The van der Waals surface area contributed by atoms with Crippen LogP contribution in [0.3, 0.4) is 0 Å². The normalized spacial score (nSPS) is 17.1. The zero-order chi connectivity index (χ0) is 14.8. The summed E-state index contributed by atoms with van der Waals surface area (Å²) in [6.45, 7) is 0.658. The van der Waals surface area contributed by atoms with E-state index in [0.717, 1.165) is 0 Å². The molecule has 0 aliphatic carbocycles. The van der Waals surface area contributed by atoms with E-state index in [1.807, 2.05) is 18.2 Å². The average molecular weight is 285 g/mol. The van der Waals surface area contributed by atoms with Gasteiger partial charge >= 0.3 is 0 Å². The van der Waals surface area contributed by atoms with Crippen LogP contribution in [-0.4, -0.2) is 18.9 Å². The Morgan fingerprint density at radius 2 is 2.00 bits per heavy atom. The molecular weight excluding hydrogens is 269 g/mol. The summed E-state index contributed by atoms with van der Waals surface area (Å²) in [6.07, 6.45) is 0.628. The Labute approximate surface area is 122 Å². The van der Waals surface area contributed by atoms with Crippen molar-refractivity contribution in [1.29, 1.82) is 0 Å². The topological polar surface area (TPSA) is 38.3 Å². The van der Waals surface area contributed by atoms with E-state index in [0.29, 0.717) is 18.5 Å². The van der Waals surface area contributed by atoms with Crippen LogP contribution < -0.4 is 10.1 Å². The smallest absolute Gasteiger partial charge is 0.180 e. The van der Waals surface area contributed by atoms with Crippen molar-refractivity contribution >= 4 is 5.78 Å². The van der Waals surface area contributed by atoms with Gasteiger partial charge < -0.3 is 10.1 Å². The third-order valence-corrected chi connectivity index (χ3v) is 3.83. The van der Waals surface area contributed by atoms with Gasteiger partial charge in [0.25, 0.3) is 0 Å². The summed E-state index contributed by atoms with van der Waals surface area (Å²) >= 11 is 0. The van der Waals surface area contributed by atoms with Gasteiger partial charge in [-0.25, -0.2) is 4.39 Å². The fourth-order valence-electron chi connectivity index (χ4n) is 2.66. The molecule has 1 aliphatic rings. The lowest BCUT2D eigenvalue weighted by Gasteiger charge is -2.25. The molecule has 2 aromatic rings. The van der Waals surface area contributed by atoms with Crippen molar-refractivity contribution in [3.05, 3.63) is 65.0 Å². The molecule has 1 aliphatic heterocycles. The van der Waals surface area contributed by atoms with E-state index in [1.165, 1.54) is 30.4 Å². The molecule has 0 saturated carbocycles. The summed E-state index contributed by atoms with van der Waals surface area (Å²) < 4.78 is 18.6. The van der Waals surface area contributed by atoms with Crippen molar-refractivity contribution in [2.45, 2.75) is 19.0 Å². The molecule has 0 bridgehead atoms. The van der Waals surface area contributed by atoms with Crippen molar-refractivity contribution in [2.75, 3.05) is 7.11 Å². The molecule has 0 radical (unpaired) electrons. The van der Waals surface area contributed by atoms with Crippen molar-refractivity contribution in [1.82, 2.24) is 5.32 Å². The number of benzene rings is 2. The molecule has 0 spiro atoms. The lowest BCUT2D eigenvalue weighted by molar-refractivity contribution is 0.0937. The van der Waals surface area contributed by atoms with Gasteiger partial charge in [-0.3, -0.25) is 4.79 Å². The lowest BCUT2D eigenvalue weighted by atomic mass is 9.91. The van der Waals surface area contributed by atoms with Gasteiger partial charge in [-0.05, 0) is 35.7 Å². The first-order valence-electron chi connectivity index (χ1n) is 6.87. The zero-order valence-electron chi connectivity index (χ0n) is 11.7. The standard InChI is InChI=1S/C17H16FNO2/c1-21-16-7-6-12(8-14(16)18)17(20)15-9-11-4-2-3-5-13(11)10-19-15/h2-8,15,19H,9-10H2,1H3. The maximum Gasteiger partial charge on any atom is 0.180 e. The minimum atomic E-state index is -0.514. The van der Waals surface area contributed by atoms with E-state index in [-0.39, 0.29) is 17.6 Å². The van der Waals surface area contributed by atoms with E-state index in [2.05, 4.69) is 11.4 Å². The van der Waals surface area contributed by atoms with Crippen LogP contribution >= 0.6 is 0 Å². The molecule has 3 nitrogen and oxygen atoms in total. The van der Waals surface area contributed by atoms with Gasteiger partial charge in [-0.15, -0.1) is 0 Å². The number of halogens is 1. The minimum absolute atomic E-state index is 0.0916. The van der Waals surface area contributed by atoms with Gasteiger partial charge in [0, 0.05) is 12.1 Å². The molecule has 0 amide bonds. The molecule has 0 aromatic heterocycles. The van der Waals surface area contributed by atoms with Crippen molar-refractivity contribution in [2.24, 2.45) is 0 Å². The number of ketones is 1. The fourth-order valence-corrected chi connectivity index (χ4v) is 2.66. The first kappa shape index (κ1) is 13.8. The van der Waals surface area contributed by atoms with Gasteiger partial charge in [-0.2, -0.15) is 0 Å². The van der Waals surface area contributed by atoms with Crippen molar-refractivity contribution in [3.63, 3.8) is 0 Å². The Morgan fingerprint density at radius 1 is 1.24 bits per heavy atom. The van der Waals surface area contributed by atoms with Crippen LogP contribution in [0.2, 0.25) is 0 Å². The first-order valence-corrected chi connectivity index (χ1v) is 6.87. The van der Waals surface area contributed by atoms with Crippen molar-refractivity contribution < 1.29 is 13.9 Å². The number of ether oxygens (including phenoxy) is 1. The van der Waals surface area contributed by atoms with Crippen LogP contribution in [0, 0.1) is 5.82 Å². The highest BCUT2D eigenvalue weighted by molar-refractivity contribution is 6.00. The number of methoxy groups -OCH3 is 1. The second kappa shape index (κ2) is 5.66. The number of nitrogens with one attached hydrogen (secondary N) is 1. The Balaban J connectivity index is 1.82. The molecule has 108 valence electrons. The van der Waals surface area contributed by atoms with Crippen LogP contribution in [0.25, 0.3) is 0 Å². The van der Waals surface area contributed by atoms with Gasteiger partial charge in [0.1, 0.15) is 0 Å². The molecule has 4 heteroatoms. The summed E-state index contributed by atoms with van der Waals surface area (Å²) in [5, 5.41) is 3.22. The first-order chi connectivity index (χ1) is 10.2. The maximum absolute atomic E-state index is 13.7. The SMILES string of the molecule is COc1ccc(C(=O)C2Cc3ccccc3CN2)cc1F. The second-order valence-electron chi connectivity index (χ2n) is 5.12. The molecule has 1 unspecified atom stereocenters. The Kier molecular flexibility index (Phi) is 3.71.